The van der Waals surface area contributed by atoms with Crippen molar-refractivity contribution in [3.63, 3.8) is 0 Å². The Labute approximate surface area is 195 Å². The Hall–Kier alpha value is -2.87. The number of fused-ring (bicyclic) bond motifs is 3. The van der Waals surface area contributed by atoms with Crippen LogP contribution in [0.15, 0.2) is 72.8 Å². The second-order valence-electron chi connectivity index (χ2n) is 7.83. The van der Waals surface area contributed by atoms with E-state index in [1.54, 1.807) is 11.0 Å². The number of anilines is 3. The number of carbonyl (C=O) groups is 2. The molecule has 5 rings (SSSR count). The zero-order valence-corrected chi connectivity index (χ0v) is 19.3. The second-order valence-corrected chi connectivity index (χ2v) is 9.07. The summed E-state index contributed by atoms with van der Waals surface area (Å²) in [5.74, 6) is -0.306. The van der Waals surface area contributed by atoms with Crippen molar-refractivity contribution in [2.75, 3.05) is 21.7 Å². The number of hydrogen-bond donors (Lipinski definition) is 1. The fourth-order valence-electron chi connectivity index (χ4n) is 4.51. The molecule has 0 radical (unpaired) electrons. The summed E-state index contributed by atoms with van der Waals surface area (Å²) in [6.07, 6.45) is 1.87. The van der Waals surface area contributed by atoms with E-state index in [0.29, 0.717) is 23.5 Å². The quantitative estimate of drug-likeness (QED) is 0.469. The third-order valence-electron chi connectivity index (χ3n) is 5.97. The van der Waals surface area contributed by atoms with E-state index in [2.05, 4.69) is 34.8 Å². The van der Waals surface area contributed by atoms with Gasteiger partial charge in [0.2, 0.25) is 5.66 Å². The molecule has 0 unspecified atom stereocenters. The molecular weight excluding hydrogens is 501 g/mol. The molecule has 0 saturated carbocycles. The molecule has 2 aliphatic rings. The molecule has 0 bridgehead atoms. The highest BCUT2D eigenvalue weighted by molar-refractivity contribution is 14.1. The van der Waals surface area contributed by atoms with Crippen LogP contribution in [0.1, 0.15) is 35.7 Å². The van der Waals surface area contributed by atoms with Gasteiger partial charge in [-0.1, -0.05) is 43.7 Å². The number of carbonyl (C=O) groups excluding carboxylic acids is 2. The van der Waals surface area contributed by atoms with E-state index in [1.165, 1.54) is 0 Å². The van der Waals surface area contributed by atoms with Gasteiger partial charge in [0.1, 0.15) is 0 Å². The third kappa shape index (κ3) is 2.96. The zero-order valence-electron chi connectivity index (χ0n) is 17.1. The van der Waals surface area contributed by atoms with Gasteiger partial charge in [0.05, 0.1) is 11.3 Å². The number of rotatable bonds is 4. The van der Waals surface area contributed by atoms with Crippen molar-refractivity contribution in [2.45, 2.75) is 25.4 Å². The van der Waals surface area contributed by atoms with Crippen molar-refractivity contribution >= 4 is 51.5 Å². The minimum Gasteiger partial charge on any atom is -0.350 e. The van der Waals surface area contributed by atoms with Crippen molar-refractivity contribution in [3.8, 4) is 0 Å². The van der Waals surface area contributed by atoms with Gasteiger partial charge in [-0.2, -0.15) is 0 Å². The van der Waals surface area contributed by atoms with E-state index in [1.807, 2.05) is 71.6 Å². The Kier molecular flexibility index (Phi) is 4.97. The van der Waals surface area contributed by atoms with Crippen LogP contribution in [0.2, 0.25) is 0 Å². The Morgan fingerprint density at radius 1 is 0.935 bits per heavy atom. The van der Waals surface area contributed by atoms with Gasteiger partial charge in [0.25, 0.3) is 11.8 Å². The van der Waals surface area contributed by atoms with Gasteiger partial charge in [-0.05, 0) is 71.5 Å². The molecule has 2 aliphatic heterocycles. The zero-order chi connectivity index (χ0) is 21.6. The van der Waals surface area contributed by atoms with E-state index in [-0.39, 0.29) is 11.8 Å². The van der Waals surface area contributed by atoms with E-state index in [9.17, 15) is 9.59 Å². The Morgan fingerprint density at radius 3 is 2.42 bits per heavy atom. The highest BCUT2D eigenvalue weighted by Crippen LogP contribution is 2.49. The predicted molar refractivity (Wildman–Crippen MR) is 131 cm³/mol. The van der Waals surface area contributed by atoms with E-state index in [0.717, 1.165) is 27.7 Å². The summed E-state index contributed by atoms with van der Waals surface area (Å²) in [5, 5.41) is 3.49. The molecule has 5 nitrogen and oxygen atoms in total. The van der Waals surface area contributed by atoms with Crippen molar-refractivity contribution < 1.29 is 9.59 Å². The smallest absolute Gasteiger partial charge is 0.279 e. The molecule has 0 aromatic heterocycles. The Bertz CT molecular complexity index is 1180. The maximum absolute atomic E-state index is 14.1. The van der Waals surface area contributed by atoms with Crippen LogP contribution in [0.3, 0.4) is 0 Å². The SMILES string of the molecule is CCCCN1C(=O)[C@@]2(Nc3ccccc3C(=O)N2c2ccc(I)cc2)c2ccccc21. The van der Waals surface area contributed by atoms with Gasteiger partial charge in [-0.3, -0.25) is 14.5 Å². The Balaban J connectivity index is 1.77. The molecule has 31 heavy (non-hydrogen) atoms. The van der Waals surface area contributed by atoms with Crippen LogP contribution < -0.4 is 15.1 Å². The average molecular weight is 523 g/mol. The van der Waals surface area contributed by atoms with Crippen LogP contribution in [0, 0.1) is 3.57 Å². The molecule has 1 N–H and O–H groups in total. The number of para-hydroxylation sites is 2. The van der Waals surface area contributed by atoms with Gasteiger partial charge >= 0.3 is 0 Å². The first-order valence-corrected chi connectivity index (χ1v) is 11.5. The number of nitrogens with one attached hydrogen (secondary N) is 1. The first-order valence-electron chi connectivity index (χ1n) is 10.5. The molecule has 3 aromatic rings. The molecule has 1 spiro atoms. The van der Waals surface area contributed by atoms with Crippen LogP contribution in [0.5, 0.6) is 0 Å². The maximum Gasteiger partial charge on any atom is 0.279 e. The number of nitrogens with zero attached hydrogens (tertiary/aromatic N) is 2. The minimum absolute atomic E-state index is 0.122. The third-order valence-corrected chi connectivity index (χ3v) is 6.69. The lowest BCUT2D eigenvalue weighted by atomic mass is 9.92. The molecule has 0 saturated heterocycles. The van der Waals surface area contributed by atoms with Gasteiger partial charge in [0.15, 0.2) is 0 Å². The average Bonchev–Trinajstić information content (AvgIpc) is 3.02. The summed E-state index contributed by atoms with van der Waals surface area (Å²) in [4.78, 5) is 31.4. The van der Waals surface area contributed by atoms with Crippen LogP contribution in [0.4, 0.5) is 17.1 Å². The number of halogens is 1. The lowest BCUT2D eigenvalue weighted by molar-refractivity contribution is -0.122. The summed E-state index contributed by atoms with van der Waals surface area (Å²) >= 11 is 2.24. The fraction of sp³-hybridized carbons (Fsp3) is 0.200. The molecule has 6 heteroatoms. The van der Waals surface area contributed by atoms with Crippen LogP contribution in [0.25, 0.3) is 0 Å². The fourth-order valence-corrected chi connectivity index (χ4v) is 4.87. The van der Waals surface area contributed by atoms with E-state index < -0.39 is 5.66 Å². The standard InChI is InChI=1S/C25H22IN3O2/c1-2-3-16-28-22-11-7-5-9-20(22)25(24(28)31)27-21-10-6-4-8-19(21)23(30)29(25)18-14-12-17(26)13-15-18/h4-15,27H,2-3,16H2,1H3/t25-/m1/s1. The highest BCUT2D eigenvalue weighted by Gasteiger charge is 2.59. The lowest BCUT2D eigenvalue weighted by Crippen LogP contribution is -2.63. The van der Waals surface area contributed by atoms with Gasteiger partial charge in [0, 0.05) is 27.1 Å². The normalized spacial score (nSPS) is 19.4. The summed E-state index contributed by atoms with van der Waals surface area (Å²) < 4.78 is 1.07. The molecular formula is C25H22IN3O2. The largest absolute Gasteiger partial charge is 0.350 e. The predicted octanol–water partition coefficient (Wildman–Crippen LogP) is 5.36. The van der Waals surface area contributed by atoms with Gasteiger partial charge in [-0.15, -0.1) is 0 Å². The summed E-state index contributed by atoms with van der Waals surface area (Å²) in [5.41, 5.74) is 2.27. The molecule has 2 amide bonds. The first-order chi connectivity index (χ1) is 15.1. The first kappa shape index (κ1) is 20.1. The van der Waals surface area contributed by atoms with E-state index in [4.69, 9.17) is 0 Å². The molecule has 3 aromatic carbocycles. The van der Waals surface area contributed by atoms with Gasteiger partial charge in [-0.25, -0.2) is 0 Å². The van der Waals surface area contributed by atoms with Crippen LogP contribution in [-0.2, 0) is 10.5 Å². The van der Waals surface area contributed by atoms with Crippen molar-refractivity contribution in [2.24, 2.45) is 0 Å². The molecule has 1 atom stereocenters. The monoisotopic (exact) mass is 523 g/mol. The molecule has 156 valence electrons. The number of benzene rings is 3. The lowest BCUT2D eigenvalue weighted by Gasteiger charge is -2.45. The summed E-state index contributed by atoms with van der Waals surface area (Å²) in [6, 6.07) is 22.9. The molecule has 0 aliphatic carbocycles. The van der Waals surface area contributed by atoms with Crippen LogP contribution in [-0.4, -0.2) is 18.4 Å². The Morgan fingerprint density at radius 2 is 1.65 bits per heavy atom. The highest BCUT2D eigenvalue weighted by atomic mass is 127. The second kappa shape index (κ2) is 7.67. The van der Waals surface area contributed by atoms with Crippen molar-refractivity contribution in [1.29, 1.82) is 0 Å². The summed E-state index contributed by atoms with van der Waals surface area (Å²) in [7, 11) is 0. The maximum atomic E-state index is 14.1. The van der Waals surface area contributed by atoms with Crippen molar-refractivity contribution in [3.05, 3.63) is 87.5 Å². The van der Waals surface area contributed by atoms with Gasteiger partial charge < -0.3 is 10.2 Å². The topological polar surface area (TPSA) is 52.7 Å². The number of unbranched alkanes of at least 4 members (excludes halogenated alkanes) is 1. The molecule has 2 heterocycles. The molecule has 0 fully saturated rings. The minimum atomic E-state index is -1.32. The number of hydrogen-bond acceptors (Lipinski definition) is 3. The van der Waals surface area contributed by atoms with Crippen LogP contribution >= 0.6 is 22.6 Å². The summed E-state index contributed by atoms with van der Waals surface area (Å²) in [6.45, 7) is 2.73. The number of amides is 2. The van der Waals surface area contributed by atoms with Crippen molar-refractivity contribution in [1.82, 2.24) is 0 Å². The van der Waals surface area contributed by atoms with E-state index >= 15 is 0 Å².